The average molecular weight is 188 g/mol. The van der Waals surface area contributed by atoms with Gasteiger partial charge in [0.15, 0.2) is 0 Å². The molecular formula is C10H8N2O2. The number of carboxylic acids is 1. The molecule has 14 heavy (non-hydrogen) atoms. The van der Waals surface area contributed by atoms with Gasteiger partial charge in [0.1, 0.15) is 6.04 Å². The molecule has 1 aromatic carbocycles. The summed E-state index contributed by atoms with van der Waals surface area (Å²) in [7, 11) is 0. The van der Waals surface area contributed by atoms with Crippen LogP contribution in [0.3, 0.4) is 0 Å². The summed E-state index contributed by atoms with van der Waals surface area (Å²) in [6.07, 6.45) is 0.445. The molecule has 0 spiro atoms. The Kier molecular flexibility index (Phi) is 1.86. The van der Waals surface area contributed by atoms with E-state index in [0.29, 0.717) is 12.0 Å². The highest BCUT2D eigenvalue weighted by Crippen LogP contribution is 2.26. The quantitative estimate of drug-likeness (QED) is 0.689. The minimum atomic E-state index is -0.861. The van der Waals surface area contributed by atoms with Gasteiger partial charge in [0.25, 0.3) is 0 Å². The normalized spacial score (nSPS) is 18.1. The lowest BCUT2D eigenvalue weighted by molar-refractivity contribution is -0.137. The number of aliphatic carboxylic acids is 1. The van der Waals surface area contributed by atoms with Crippen molar-refractivity contribution in [3.05, 3.63) is 29.3 Å². The molecule has 0 amide bonds. The van der Waals surface area contributed by atoms with Crippen molar-refractivity contribution in [3.8, 4) is 6.07 Å². The predicted molar refractivity (Wildman–Crippen MR) is 49.9 cm³/mol. The molecule has 4 heteroatoms. The number of nitrogens with zero attached hydrogens (tertiary/aromatic N) is 1. The van der Waals surface area contributed by atoms with Crippen LogP contribution in [0.2, 0.25) is 0 Å². The van der Waals surface area contributed by atoms with E-state index in [1.165, 1.54) is 0 Å². The summed E-state index contributed by atoms with van der Waals surface area (Å²) in [6.45, 7) is 0. The maximum Gasteiger partial charge on any atom is 0.326 e. The van der Waals surface area contributed by atoms with Crippen molar-refractivity contribution in [2.24, 2.45) is 0 Å². The molecule has 4 nitrogen and oxygen atoms in total. The molecule has 0 saturated carbocycles. The van der Waals surface area contributed by atoms with Gasteiger partial charge in [-0.3, -0.25) is 0 Å². The van der Waals surface area contributed by atoms with E-state index in [1.807, 2.05) is 6.07 Å². The summed E-state index contributed by atoms with van der Waals surface area (Å²) in [5.74, 6) is -0.861. The van der Waals surface area contributed by atoms with E-state index in [0.717, 1.165) is 11.3 Å². The minimum absolute atomic E-state index is 0.445. The number of hydrogen-bond acceptors (Lipinski definition) is 3. The Balaban J connectivity index is 2.32. The Labute approximate surface area is 80.8 Å². The van der Waals surface area contributed by atoms with Crippen LogP contribution in [-0.4, -0.2) is 17.1 Å². The zero-order chi connectivity index (χ0) is 10.1. The lowest BCUT2D eigenvalue weighted by atomic mass is 10.1. The van der Waals surface area contributed by atoms with Gasteiger partial charge in [0, 0.05) is 12.1 Å². The van der Waals surface area contributed by atoms with E-state index < -0.39 is 12.0 Å². The molecule has 1 aliphatic heterocycles. The zero-order valence-electron chi connectivity index (χ0n) is 7.32. The lowest BCUT2D eigenvalue weighted by Crippen LogP contribution is -2.26. The number of nitriles is 1. The van der Waals surface area contributed by atoms with Gasteiger partial charge in [-0.1, -0.05) is 0 Å². The third-order valence-electron chi connectivity index (χ3n) is 2.29. The predicted octanol–water partition coefficient (Wildman–Crippen LogP) is 0.979. The van der Waals surface area contributed by atoms with Crippen molar-refractivity contribution in [1.82, 2.24) is 0 Å². The molecule has 2 rings (SSSR count). The zero-order valence-corrected chi connectivity index (χ0v) is 7.32. The Hall–Kier alpha value is -2.02. The average Bonchev–Trinajstić information content (AvgIpc) is 2.59. The third kappa shape index (κ3) is 1.29. The smallest absolute Gasteiger partial charge is 0.326 e. The highest BCUT2D eigenvalue weighted by Gasteiger charge is 2.26. The first-order valence-corrected chi connectivity index (χ1v) is 4.23. The van der Waals surface area contributed by atoms with Crippen molar-refractivity contribution in [3.63, 3.8) is 0 Å². The summed E-state index contributed by atoms with van der Waals surface area (Å²) >= 11 is 0. The number of carboxylic acid groups (broad SMARTS) is 1. The van der Waals surface area contributed by atoms with Crippen LogP contribution in [0.4, 0.5) is 5.69 Å². The molecule has 0 radical (unpaired) electrons. The number of anilines is 1. The molecule has 0 bridgehead atoms. The Morgan fingerprint density at radius 2 is 2.43 bits per heavy atom. The molecule has 2 N–H and O–H groups in total. The number of nitrogens with one attached hydrogen (secondary N) is 1. The number of rotatable bonds is 1. The van der Waals surface area contributed by atoms with E-state index >= 15 is 0 Å². The SMILES string of the molecule is N#Cc1ccc2c(c1)C[C@@H](C(=O)O)N2. The summed E-state index contributed by atoms with van der Waals surface area (Å²) in [5.41, 5.74) is 2.28. The first kappa shape index (κ1) is 8.57. The molecule has 1 heterocycles. The summed E-state index contributed by atoms with van der Waals surface area (Å²) in [4.78, 5) is 10.7. The fourth-order valence-electron chi connectivity index (χ4n) is 1.58. The first-order chi connectivity index (χ1) is 6.70. The molecular weight excluding hydrogens is 180 g/mol. The van der Waals surface area contributed by atoms with Gasteiger partial charge in [0.2, 0.25) is 0 Å². The van der Waals surface area contributed by atoms with Crippen molar-refractivity contribution in [1.29, 1.82) is 5.26 Å². The van der Waals surface area contributed by atoms with Crippen molar-refractivity contribution < 1.29 is 9.90 Å². The Bertz CT molecular complexity index is 434. The molecule has 1 aromatic rings. The maximum atomic E-state index is 10.7. The van der Waals surface area contributed by atoms with Crippen molar-refractivity contribution in [2.75, 3.05) is 5.32 Å². The molecule has 70 valence electrons. The standard InChI is InChI=1S/C10H8N2O2/c11-5-6-1-2-8-7(3-6)4-9(12-8)10(13)14/h1-3,9,12H,4H2,(H,13,14)/t9-/m0/s1. The highest BCUT2D eigenvalue weighted by atomic mass is 16.4. The molecule has 1 aliphatic rings. The van der Waals surface area contributed by atoms with E-state index in [1.54, 1.807) is 18.2 Å². The van der Waals surface area contributed by atoms with Gasteiger partial charge in [0.05, 0.1) is 11.6 Å². The summed E-state index contributed by atoms with van der Waals surface area (Å²) in [6, 6.07) is 6.62. The second-order valence-electron chi connectivity index (χ2n) is 3.22. The monoisotopic (exact) mass is 188 g/mol. The van der Waals surface area contributed by atoms with Crippen molar-refractivity contribution >= 4 is 11.7 Å². The molecule has 0 fully saturated rings. The van der Waals surface area contributed by atoms with E-state index in [2.05, 4.69) is 5.32 Å². The van der Waals surface area contributed by atoms with Crippen LogP contribution < -0.4 is 5.32 Å². The largest absolute Gasteiger partial charge is 0.480 e. The molecule has 0 aromatic heterocycles. The fourth-order valence-corrected chi connectivity index (χ4v) is 1.58. The van der Waals surface area contributed by atoms with Gasteiger partial charge in [-0.2, -0.15) is 5.26 Å². The van der Waals surface area contributed by atoms with Crippen LogP contribution in [0.15, 0.2) is 18.2 Å². The Morgan fingerprint density at radius 1 is 1.64 bits per heavy atom. The molecule has 0 saturated heterocycles. The lowest BCUT2D eigenvalue weighted by Gasteiger charge is -2.03. The summed E-state index contributed by atoms with van der Waals surface area (Å²) in [5, 5.41) is 20.3. The number of benzene rings is 1. The Morgan fingerprint density at radius 3 is 3.07 bits per heavy atom. The van der Waals surface area contributed by atoms with Crippen LogP contribution >= 0.6 is 0 Å². The fraction of sp³-hybridized carbons (Fsp3) is 0.200. The van der Waals surface area contributed by atoms with E-state index in [-0.39, 0.29) is 0 Å². The third-order valence-corrected chi connectivity index (χ3v) is 2.29. The minimum Gasteiger partial charge on any atom is -0.480 e. The number of fused-ring (bicyclic) bond motifs is 1. The van der Waals surface area contributed by atoms with Gasteiger partial charge in [-0.25, -0.2) is 4.79 Å². The maximum absolute atomic E-state index is 10.7. The topological polar surface area (TPSA) is 73.1 Å². The van der Waals surface area contributed by atoms with Crippen LogP contribution in [0.1, 0.15) is 11.1 Å². The molecule has 1 atom stereocenters. The van der Waals surface area contributed by atoms with Gasteiger partial charge < -0.3 is 10.4 Å². The second kappa shape index (κ2) is 3.04. The van der Waals surface area contributed by atoms with Gasteiger partial charge in [-0.15, -0.1) is 0 Å². The first-order valence-electron chi connectivity index (χ1n) is 4.23. The molecule has 0 unspecified atom stereocenters. The van der Waals surface area contributed by atoms with Gasteiger partial charge >= 0.3 is 5.97 Å². The van der Waals surface area contributed by atoms with Crippen molar-refractivity contribution in [2.45, 2.75) is 12.5 Å². The number of hydrogen-bond donors (Lipinski definition) is 2. The number of carbonyl (C=O) groups is 1. The highest BCUT2D eigenvalue weighted by molar-refractivity contribution is 5.81. The van der Waals surface area contributed by atoms with Crippen LogP contribution in [0.25, 0.3) is 0 Å². The van der Waals surface area contributed by atoms with E-state index in [4.69, 9.17) is 10.4 Å². The van der Waals surface area contributed by atoms with Gasteiger partial charge in [-0.05, 0) is 23.8 Å². The van der Waals surface area contributed by atoms with Crippen LogP contribution in [0.5, 0.6) is 0 Å². The van der Waals surface area contributed by atoms with Crippen LogP contribution in [-0.2, 0) is 11.2 Å². The van der Waals surface area contributed by atoms with E-state index in [9.17, 15) is 4.79 Å². The molecule has 0 aliphatic carbocycles. The summed E-state index contributed by atoms with van der Waals surface area (Å²) < 4.78 is 0. The second-order valence-corrected chi connectivity index (χ2v) is 3.22. The van der Waals surface area contributed by atoms with Crippen LogP contribution in [0, 0.1) is 11.3 Å².